The molecule has 1 aliphatic carbocycles. The van der Waals surface area contributed by atoms with Gasteiger partial charge in [0.2, 0.25) is 5.69 Å². The number of hydrogen-bond acceptors (Lipinski definition) is 0. The Labute approximate surface area is 164 Å². The number of pyridine rings is 1. The van der Waals surface area contributed by atoms with Gasteiger partial charge in [-0.2, -0.15) is 4.57 Å². The molecule has 0 saturated carbocycles. The van der Waals surface area contributed by atoms with Crippen molar-refractivity contribution < 1.29 is 4.57 Å². The Morgan fingerprint density at radius 1 is 0.926 bits per heavy atom. The molecule has 1 heterocycles. The molecule has 0 unspecified atom stereocenters. The summed E-state index contributed by atoms with van der Waals surface area (Å²) in [6.45, 7) is 11.4. The minimum Gasteiger partial charge on any atom is -0.198 e. The third-order valence-electron chi connectivity index (χ3n) is 6.03. The van der Waals surface area contributed by atoms with Crippen molar-refractivity contribution in [2.75, 3.05) is 0 Å². The van der Waals surface area contributed by atoms with E-state index in [1.165, 1.54) is 58.1 Å². The lowest BCUT2D eigenvalue weighted by atomic mass is 9.87. The molecule has 0 N–H and O–H groups in total. The van der Waals surface area contributed by atoms with Gasteiger partial charge < -0.3 is 0 Å². The van der Waals surface area contributed by atoms with E-state index >= 15 is 0 Å². The number of rotatable bonds is 2. The number of aromatic nitrogens is 1. The zero-order valence-corrected chi connectivity index (χ0v) is 17.7. The molecular weight excluding hydrogens is 326 g/mol. The van der Waals surface area contributed by atoms with Gasteiger partial charge in [-0.05, 0) is 77.8 Å². The highest BCUT2D eigenvalue weighted by atomic mass is 14.9. The summed E-state index contributed by atoms with van der Waals surface area (Å²) < 4.78 is 2.37. The lowest BCUT2D eigenvalue weighted by Gasteiger charge is -2.19. The minimum atomic E-state index is 0.307. The van der Waals surface area contributed by atoms with Gasteiger partial charge in [0.25, 0.3) is 0 Å². The molecule has 0 saturated heterocycles. The summed E-state index contributed by atoms with van der Waals surface area (Å²) in [4.78, 5) is 0. The quantitative estimate of drug-likeness (QED) is 0.493. The SMILES string of the molecule is Cc1cc2c(cc1-c1c3ccc(CC(C)(C)C)cc3cc(C)[n+]1C)CCC2. The standard InChI is InChI=1S/C26H32N/c1-17-12-20-8-7-9-21(20)15-24(17)25-23-11-10-19(16-26(3,4)5)14-22(23)13-18(2)27(25)6/h10-15H,7-9,16H2,1-6H3/q+1. The monoisotopic (exact) mass is 358 g/mol. The van der Waals surface area contributed by atoms with E-state index in [2.05, 4.69) is 82.6 Å². The van der Waals surface area contributed by atoms with Crippen LogP contribution >= 0.6 is 0 Å². The van der Waals surface area contributed by atoms with Crippen LogP contribution in [0.25, 0.3) is 22.0 Å². The predicted molar refractivity (Wildman–Crippen MR) is 115 cm³/mol. The first kappa shape index (κ1) is 18.2. The molecule has 0 bridgehead atoms. The molecule has 27 heavy (non-hydrogen) atoms. The van der Waals surface area contributed by atoms with Crippen LogP contribution in [-0.2, 0) is 26.3 Å². The highest BCUT2D eigenvalue weighted by Gasteiger charge is 2.23. The van der Waals surface area contributed by atoms with Crippen LogP contribution in [0.1, 0.15) is 55.1 Å². The second-order valence-corrected chi connectivity index (χ2v) is 9.64. The molecule has 140 valence electrons. The van der Waals surface area contributed by atoms with Crippen LogP contribution in [0.3, 0.4) is 0 Å². The highest BCUT2D eigenvalue weighted by Crippen LogP contribution is 2.34. The van der Waals surface area contributed by atoms with Crippen LogP contribution in [0, 0.1) is 19.3 Å². The van der Waals surface area contributed by atoms with Crippen LogP contribution in [-0.4, -0.2) is 0 Å². The first-order chi connectivity index (χ1) is 12.7. The van der Waals surface area contributed by atoms with E-state index in [1.807, 2.05) is 0 Å². The van der Waals surface area contributed by atoms with Crippen molar-refractivity contribution in [2.24, 2.45) is 12.5 Å². The largest absolute Gasteiger partial charge is 0.220 e. The molecular formula is C26H32N+. The topological polar surface area (TPSA) is 3.88 Å². The molecule has 0 amide bonds. The second-order valence-electron chi connectivity index (χ2n) is 9.64. The molecule has 2 aromatic carbocycles. The molecule has 0 radical (unpaired) electrons. The van der Waals surface area contributed by atoms with Gasteiger partial charge >= 0.3 is 0 Å². The summed E-state index contributed by atoms with van der Waals surface area (Å²) >= 11 is 0. The maximum Gasteiger partial charge on any atom is 0.220 e. The fraction of sp³-hybridized carbons (Fsp3) is 0.423. The Hall–Kier alpha value is -2.15. The second kappa shape index (κ2) is 6.48. The number of benzene rings is 2. The van der Waals surface area contributed by atoms with Crippen LogP contribution < -0.4 is 4.57 Å². The normalized spacial score (nSPS) is 14.0. The molecule has 1 aromatic heterocycles. The summed E-state index contributed by atoms with van der Waals surface area (Å²) in [5, 5.41) is 2.73. The number of aryl methyl sites for hydroxylation is 4. The van der Waals surface area contributed by atoms with Gasteiger partial charge in [0.1, 0.15) is 7.05 Å². The molecule has 3 aromatic rings. The molecule has 1 heteroatoms. The van der Waals surface area contributed by atoms with Crippen molar-refractivity contribution >= 4 is 10.8 Å². The van der Waals surface area contributed by atoms with Gasteiger partial charge in [-0.3, -0.25) is 0 Å². The molecule has 0 fully saturated rings. The van der Waals surface area contributed by atoms with Crippen LogP contribution in [0.15, 0.2) is 36.4 Å². The average Bonchev–Trinajstić information content (AvgIpc) is 3.01. The fourth-order valence-corrected chi connectivity index (χ4v) is 4.68. The van der Waals surface area contributed by atoms with Crippen molar-refractivity contribution in [1.82, 2.24) is 0 Å². The van der Waals surface area contributed by atoms with Crippen molar-refractivity contribution in [3.8, 4) is 11.3 Å². The minimum absolute atomic E-state index is 0.307. The Morgan fingerprint density at radius 3 is 2.33 bits per heavy atom. The summed E-state index contributed by atoms with van der Waals surface area (Å²) in [5.41, 5.74) is 10.3. The van der Waals surface area contributed by atoms with Crippen LogP contribution in [0.4, 0.5) is 0 Å². The van der Waals surface area contributed by atoms with E-state index in [1.54, 1.807) is 11.1 Å². The van der Waals surface area contributed by atoms with E-state index in [4.69, 9.17) is 0 Å². The zero-order valence-electron chi connectivity index (χ0n) is 17.7. The molecule has 0 spiro atoms. The molecule has 1 aliphatic rings. The third-order valence-corrected chi connectivity index (χ3v) is 6.03. The summed E-state index contributed by atoms with van der Waals surface area (Å²) in [7, 11) is 2.21. The van der Waals surface area contributed by atoms with E-state index < -0.39 is 0 Å². The summed E-state index contributed by atoms with van der Waals surface area (Å²) in [5.74, 6) is 0. The highest BCUT2D eigenvalue weighted by molar-refractivity contribution is 5.94. The number of nitrogens with zero attached hydrogens (tertiary/aromatic N) is 1. The Balaban J connectivity index is 1.94. The molecule has 1 nitrogen and oxygen atoms in total. The number of fused-ring (bicyclic) bond motifs is 2. The lowest BCUT2D eigenvalue weighted by molar-refractivity contribution is -0.665. The molecule has 4 rings (SSSR count). The Morgan fingerprint density at radius 2 is 1.63 bits per heavy atom. The van der Waals surface area contributed by atoms with Crippen molar-refractivity contribution in [2.45, 2.75) is 60.3 Å². The maximum atomic E-state index is 2.47. The van der Waals surface area contributed by atoms with Crippen molar-refractivity contribution in [1.29, 1.82) is 0 Å². The zero-order chi connectivity index (χ0) is 19.3. The van der Waals surface area contributed by atoms with Gasteiger partial charge in [-0.25, -0.2) is 0 Å². The van der Waals surface area contributed by atoms with Crippen molar-refractivity contribution in [3.05, 3.63) is 64.3 Å². The van der Waals surface area contributed by atoms with Gasteiger partial charge in [-0.15, -0.1) is 0 Å². The fourth-order valence-electron chi connectivity index (χ4n) is 4.68. The average molecular weight is 359 g/mol. The Kier molecular flexibility index (Phi) is 4.37. The van der Waals surface area contributed by atoms with Gasteiger partial charge in [0, 0.05) is 13.0 Å². The summed E-state index contributed by atoms with van der Waals surface area (Å²) in [6.07, 6.45) is 4.88. The third kappa shape index (κ3) is 3.40. The lowest BCUT2D eigenvalue weighted by Crippen LogP contribution is -2.35. The maximum absolute atomic E-state index is 2.47. The Bertz CT molecular complexity index is 1030. The van der Waals surface area contributed by atoms with E-state index in [-0.39, 0.29) is 0 Å². The van der Waals surface area contributed by atoms with Gasteiger partial charge in [-0.1, -0.05) is 39.0 Å². The molecule has 0 aliphatic heterocycles. The van der Waals surface area contributed by atoms with E-state index in [0.29, 0.717) is 5.41 Å². The smallest absolute Gasteiger partial charge is 0.198 e. The first-order valence-electron chi connectivity index (χ1n) is 10.3. The van der Waals surface area contributed by atoms with E-state index in [0.717, 1.165) is 6.42 Å². The van der Waals surface area contributed by atoms with Gasteiger partial charge in [0.05, 0.1) is 10.9 Å². The van der Waals surface area contributed by atoms with Crippen LogP contribution in [0.5, 0.6) is 0 Å². The predicted octanol–water partition coefficient (Wildman–Crippen LogP) is 6.03. The van der Waals surface area contributed by atoms with Crippen LogP contribution in [0.2, 0.25) is 0 Å². The van der Waals surface area contributed by atoms with Crippen molar-refractivity contribution in [3.63, 3.8) is 0 Å². The number of hydrogen-bond donors (Lipinski definition) is 0. The van der Waals surface area contributed by atoms with Gasteiger partial charge in [0.15, 0.2) is 5.69 Å². The molecule has 0 atom stereocenters. The first-order valence-corrected chi connectivity index (χ1v) is 10.3. The van der Waals surface area contributed by atoms with E-state index in [9.17, 15) is 0 Å². The summed E-state index contributed by atoms with van der Waals surface area (Å²) in [6, 6.07) is 14.3.